The third kappa shape index (κ3) is 4.49. The third-order valence-electron chi connectivity index (χ3n) is 9.49. The summed E-state index contributed by atoms with van der Waals surface area (Å²) in [6, 6.07) is 56.6. The van der Waals surface area contributed by atoms with E-state index in [-0.39, 0.29) is 0 Å². The van der Waals surface area contributed by atoms with Crippen molar-refractivity contribution in [3.63, 3.8) is 0 Å². The number of hydrogen-bond donors (Lipinski definition) is 0. The molecule has 0 saturated carbocycles. The molecule has 3 aromatic heterocycles. The summed E-state index contributed by atoms with van der Waals surface area (Å²) in [4.78, 5) is 15.3. The van der Waals surface area contributed by atoms with Gasteiger partial charge in [-0.25, -0.2) is 15.0 Å². The monoisotopic (exact) mass is 625 g/mol. The summed E-state index contributed by atoms with van der Waals surface area (Å²) in [6.07, 6.45) is 0. The van der Waals surface area contributed by atoms with Crippen LogP contribution in [-0.4, -0.2) is 15.0 Å². The lowest BCUT2D eigenvalue weighted by atomic mass is 9.97. The lowest BCUT2D eigenvalue weighted by Gasteiger charge is -2.12. The molecule has 0 fully saturated rings. The highest BCUT2D eigenvalue weighted by molar-refractivity contribution is 6.24. The molecule has 0 N–H and O–H groups in total. The molecule has 0 spiro atoms. The Morgan fingerprint density at radius 2 is 0.857 bits per heavy atom. The van der Waals surface area contributed by atoms with Crippen LogP contribution in [0.25, 0.3) is 99.5 Å². The minimum Gasteiger partial charge on any atom is -0.455 e. The van der Waals surface area contributed by atoms with Crippen LogP contribution in [0.4, 0.5) is 0 Å². The molecule has 10 aromatic rings. The molecule has 0 aliphatic rings. The van der Waals surface area contributed by atoms with E-state index in [0.717, 1.165) is 82.6 Å². The van der Waals surface area contributed by atoms with E-state index in [1.807, 2.05) is 36.4 Å². The van der Waals surface area contributed by atoms with E-state index >= 15 is 0 Å². The van der Waals surface area contributed by atoms with Crippen LogP contribution in [0.1, 0.15) is 0 Å². The molecule has 4 nitrogen and oxygen atoms in total. The number of rotatable bonds is 4. The second-order valence-corrected chi connectivity index (χ2v) is 12.4. The molecule has 0 unspecified atom stereocenters. The summed E-state index contributed by atoms with van der Waals surface area (Å²) in [5, 5.41) is 6.48. The maximum Gasteiger partial charge on any atom is 0.160 e. The second-order valence-electron chi connectivity index (χ2n) is 12.4. The molecular formula is C45H27N3O. The molecule has 7 aromatic carbocycles. The molecule has 49 heavy (non-hydrogen) atoms. The number of aromatic nitrogens is 3. The molecule has 0 aliphatic carbocycles. The standard InChI is InChI=1S/C45H27N3O/c1-2-10-28(11-3-1)29-18-20-30(21-19-29)42-36-14-5-8-16-39(36)47-45(48-42)32-24-22-31(23-25-32)43-37-27-26-34-33-12-6-9-17-40(33)49-44(34)41(37)35-13-4-7-15-38(35)46-43/h1-27H. The fraction of sp³-hybridized carbons (Fsp3) is 0. The molecule has 228 valence electrons. The van der Waals surface area contributed by atoms with Gasteiger partial charge in [0.15, 0.2) is 5.82 Å². The van der Waals surface area contributed by atoms with Crippen molar-refractivity contribution in [3.05, 3.63) is 164 Å². The van der Waals surface area contributed by atoms with Crippen LogP contribution in [0.2, 0.25) is 0 Å². The predicted octanol–water partition coefficient (Wildman–Crippen LogP) is 11.9. The van der Waals surface area contributed by atoms with Gasteiger partial charge in [-0.3, -0.25) is 0 Å². The molecule has 0 bridgehead atoms. The van der Waals surface area contributed by atoms with Crippen LogP contribution in [-0.2, 0) is 0 Å². The van der Waals surface area contributed by atoms with E-state index < -0.39 is 0 Å². The first-order chi connectivity index (χ1) is 24.3. The highest BCUT2D eigenvalue weighted by Crippen LogP contribution is 2.41. The maximum absolute atomic E-state index is 6.51. The summed E-state index contributed by atoms with van der Waals surface area (Å²) < 4.78 is 6.51. The Bertz CT molecular complexity index is 2860. The average Bonchev–Trinajstić information content (AvgIpc) is 3.56. The van der Waals surface area contributed by atoms with Gasteiger partial charge in [-0.05, 0) is 35.4 Å². The van der Waals surface area contributed by atoms with Gasteiger partial charge in [0, 0.05) is 49.0 Å². The number of para-hydroxylation sites is 3. The van der Waals surface area contributed by atoms with Crippen LogP contribution in [0.15, 0.2) is 168 Å². The van der Waals surface area contributed by atoms with E-state index in [1.54, 1.807) is 0 Å². The van der Waals surface area contributed by atoms with E-state index in [4.69, 9.17) is 19.4 Å². The van der Waals surface area contributed by atoms with Crippen molar-refractivity contribution in [3.8, 4) is 45.0 Å². The summed E-state index contributed by atoms with van der Waals surface area (Å²) in [5.74, 6) is 0.688. The number of pyridine rings is 1. The summed E-state index contributed by atoms with van der Waals surface area (Å²) in [7, 11) is 0. The Balaban J connectivity index is 1.10. The van der Waals surface area contributed by atoms with Gasteiger partial charge in [-0.2, -0.15) is 0 Å². The van der Waals surface area contributed by atoms with Crippen molar-refractivity contribution < 1.29 is 4.42 Å². The Kier molecular flexibility index (Phi) is 6.15. The van der Waals surface area contributed by atoms with Crippen molar-refractivity contribution in [2.45, 2.75) is 0 Å². The van der Waals surface area contributed by atoms with Crippen molar-refractivity contribution in [2.24, 2.45) is 0 Å². The van der Waals surface area contributed by atoms with Crippen molar-refractivity contribution >= 4 is 54.5 Å². The molecule has 10 rings (SSSR count). The lowest BCUT2D eigenvalue weighted by molar-refractivity contribution is 0.673. The number of nitrogens with zero attached hydrogens (tertiary/aromatic N) is 3. The van der Waals surface area contributed by atoms with Crippen molar-refractivity contribution in [1.29, 1.82) is 0 Å². The van der Waals surface area contributed by atoms with Gasteiger partial charge in [0.05, 0.1) is 22.4 Å². The molecular weight excluding hydrogens is 599 g/mol. The number of furan rings is 1. The first kappa shape index (κ1) is 27.5. The van der Waals surface area contributed by atoms with Crippen LogP contribution in [0.3, 0.4) is 0 Å². The second kappa shape index (κ2) is 11.0. The fourth-order valence-electron chi connectivity index (χ4n) is 7.09. The van der Waals surface area contributed by atoms with E-state index in [1.165, 1.54) is 11.1 Å². The quantitative estimate of drug-likeness (QED) is 0.183. The SMILES string of the molecule is c1ccc(-c2ccc(-c3nc(-c4ccc(-c5nc6ccccc6c6c5ccc5c7ccccc7oc56)cc4)nc4ccccc34)cc2)cc1. The zero-order chi connectivity index (χ0) is 32.3. The van der Waals surface area contributed by atoms with Crippen molar-refractivity contribution in [2.75, 3.05) is 0 Å². The molecule has 0 aliphatic heterocycles. The minimum absolute atomic E-state index is 0.688. The van der Waals surface area contributed by atoms with Crippen molar-refractivity contribution in [1.82, 2.24) is 15.0 Å². The highest BCUT2D eigenvalue weighted by atomic mass is 16.3. The van der Waals surface area contributed by atoms with Gasteiger partial charge < -0.3 is 4.42 Å². The zero-order valence-corrected chi connectivity index (χ0v) is 26.3. The molecule has 0 atom stereocenters. The Morgan fingerprint density at radius 3 is 1.61 bits per heavy atom. The molecule has 3 heterocycles. The molecule has 0 amide bonds. The van der Waals surface area contributed by atoms with Crippen LogP contribution in [0, 0.1) is 0 Å². The summed E-state index contributed by atoms with van der Waals surface area (Å²) in [5.41, 5.74) is 10.9. The largest absolute Gasteiger partial charge is 0.455 e. The van der Waals surface area contributed by atoms with Gasteiger partial charge in [0.2, 0.25) is 0 Å². The summed E-state index contributed by atoms with van der Waals surface area (Å²) >= 11 is 0. The van der Waals surface area contributed by atoms with Crippen LogP contribution >= 0.6 is 0 Å². The van der Waals surface area contributed by atoms with Gasteiger partial charge in [0.25, 0.3) is 0 Å². The molecule has 0 saturated heterocycles. The Morgan fingerprint density at radius 1 is 0.327 bits per heavy atom. The fourth-order valence-corrected chi connectivity index (χ4v) is 7.09. The molecule has 4 heteroatoms. The predicted molar refractivity (Wildman–Crippen MR) is 201 cm³/mol. The van der Waals surface area contributed by atoms with Crippen LogP contribution < -0.4 is 0 Å². The number of benzene rings is 7. The smallest absolute Gasteiger partial charge is 0.160 e. The number of hydrogen-bond acceptors (Lipinski definition) is 4. The van der Waals surface area contributed by atoms with Gasteiger partial charge >= 0.3 is 0 Å². The Hall–Kier alpha value is -6.65. The third-order valence-corrected chi connectivity index (χ3v) is 9.49. The first-order valence-corrected chi connectivity index (χ1v) is 16.4. The van der Waals surface area contributed by atoms with E-state index in [2.05, 4.69) is 127 Å². The summed E-state index contributed by atoms with van der Waals surface area (Å²) in [6.45, 7) is 0. The van der Waals surface area contributed by atoms with Gasteiger partial charge in [-0.15, -0.1) is 0 Å². The zero-order valence-electron chi connectivity index (χ0n) is 26.3. The Labute approximate surface area is 282 Å². The molecule has 0 radical (unpaired) electrons. The lowest BCUT2D eigenvalue weighted by Crippen LogP contribution is -1.95. The highest BCUT2D eigenvalue weighted by Gasteiger charge is 2.18. The average molecular weight is 626 g/mol. The van der Waals surface area contributed by atoms with Gasteiger partial charge in [-0.1, -0.05) is 140 Å². The topological polar surface area (TPSA) is 51.8 Å². The van der Waals surface area contributed by atoms with Crippen LogP contribution in [0.5, 0.6) is 0 Å². The first-order valence-electron chi connectivity index (χ1n) is 16.4. The minimum atomic E-state index is 0.688. The van der Waals surface area contributed by atoms with E-state index in [9.17, 15) is 0 Å². The van der Waals surface area contributed by atoms with Gasteiger partial charge in [0.1, 0.15) is 11.2 Å². The number of fused-ring (bicyclic) bond motifs is 8. The van der Waals surface area contributed by atoms with E-state index in [0.29, 0.717) is 5.82 Å². The normalized spacial score (nSPS) is 11.7. The maximum atomic E-state index is 6.51.